The van der Waals surface area contributed by atoms with Gasteiger partial charge in [0.25, 0.3) is 0 Å². The Morgan fingerprint density at radius 3 is 2.73 bits per heavy atom. The highest BCUT2D eigenvalue weighted by Crippen LogP contribution is 2.35. The number of amidine groups is 1. The Bertz CT molecular complexity index is 961. The molecule has 0 saturated heterocycles. The van der Waals surface area contributed by atoms with E-state index < -0.39 is 0 Å². The molecule has 3 rings (SSSR count). The number of nitrogens with zero attached hydrogens (tertiary/aromatic N) is 5. The van der Waals surface area contributed by atoms with Gasteiger partial charge in [0.05, 0.1) is 5.52 Å². The van der Waals surface area contributed by atoms with Gasteiger partial charge >= 0.3 is 0 Å². The Hall–Kier alpha value is -2.58. The molecule has 0 aliphatic heterocycles. The molecule has 26 heavy (non-hydrogen) atoms. The van der Waals surface area contributed by atoms with E-state index in [0.29, 0.717) is 0 Å². The topological polar surface area (TPSA) is 94.0 Å². The molecule has 0 saturated carbocycles. The summed E-state index contributed by atoms with van der Waals surface area (Å²) in [7, 11) is 6.25. The molecule has 0 radical (unpaired) electrons. The second kappa shape index (κ2) is 7.76. The lowest BCUT2D eigenvalue weighted by Crippen LogP contribution is -2.24. The lowest BCUT2D eigenvalue weighted by molar-refractivity contribution is 0.401. The van der Waals surface area contributed by atoms with Crippen LogP contribution < -0.4 is 10.6 Å². The fourth-order valence-electron chi connectivity index (χ4n) is 2.98. The number of rotatable bonds is 7. The third-order valence-corrected chi connectivity index (χ3v) is 5.24. The van der Waals surface area contributed by atoms with Gasteiger partial charge in [-0.15, -0.1) is 16.4 Å². The summed E-state index contributed by atoms with van der Waals surface area (Å²) in [5.74, 6) is 1.20. The maximum atomic E-state index is 6.85. The summed E-state index contributed by atoms with van der Waals surface area (Å²) in [5.41, 5.74) is 14.3. The van der Waals surface area contributed by atoms with E-state index in [9.17, 15) is 0 Å². The fourth-order valence-corrected chi connectivity index (χ4v) is 3.90. The molecule has 0 bridgehead atoms. The van der Waals surface area contributed by atoms with Gasteiger partial charge in [-0.25, -0.2) is 4.98 Å². The number of benzene rings is 1. The van der Waals surface area contributed by atoms with Crippen molar-refractivity contribution >= 4 is 44.0 Å². The van der Waals surface area contributed by atoms with Crippen LogP contribution in [0.15, 0.2) is 40.0 Å². The van der Waals surface area contributed by atoms with Crippen molar-refractivity contribution in [1.82, 2.24) is 9.88 Å². The summed E-state index contributed by atoms with van der Waals surface area (Å²) < 4.78 is 1.22. The van der Waals surface area contributed by atoms with Gasteiger partial charge < -0.3 is 15.5 Å². The number of pyridine rings is 1. The minimum atomic E-state index is 0.218. The highest BCUT2D eigenvalue weighted by atomic mass is 32.1. The quantitative estimate of drug-likeness (QED) is 0.288. The first-order valence-corrected chi connectivity index (χ1v) is 9.26. The molecule has 0 aliphatic carbocycles. The van der Waals surface area contributed by atoms with E-state index in [1.54, 1.807) is 11.3 Å². The summed E-state index contributed by atoms with van der Waals surface area (Å²) in [4.78, 5) is 9.31. The van der Waals surface area contributed by atoms with Crippen molar-refractivity contribution in [2.45, 2.75) is 6.42 Å². The van der Waals surface area contributed by atoms with E-state index in [2.05, 4.69) is 52.7 Å². The van der Waals surface area contributed by atoms with Crippen LogP contribution in [0.5, 0.6) is 0 Å². The van der Waals surface area contributed by atoms with Crippen LogP contribution in [0, 0.1) is 5.53 Å². The van der Waals surface area contributed by atoms with Crippen LogP contribution in [0.25, 0.3) is 21.0 Å². The van der Waals surface area contributed by atoms with Crippen molar-refractivity contribution < 1.29 is 0 Å². The zero-order chi connectivity index (χ0) is 18.7. The van der Waals surface area contributed by atoms with Crippen LogP contribution in [-0.4, -0.2) is 50.0 Å². The first-order chi connectivity index (χ1) is 12.5. The van der Waals surface area contributed by atoms with E-state index in [1.165, 1.54) is 10.1 Å². The number of aromatic nitrogens is 1. The number of fused-ring (bicyclic) bond motifs is 3. The van der Waals surface area contributed by atoms with Gasteiger partial charge in [0.15, 0.2) is 5.84 Å². The number of thiophene rings is 1. The summed E-state index contributed by atoms with van der Waals surface area (Å²) in [6, 6.07) is 7.95. The monoisotopic (exact) mass is 369 g/mol. The molecule has 0 atom stereocenters. The van der Waals surface area contributed by atoms with Gasteiger partial charge in [-0.3, -0.25) is 0 Å². The average Bonchev–Trinajstić information content (AvgIpc) is 3.10. The zero-order valence-electron chi connectivity index (χ0n) is 15.2. The van der Waals surface area contributed by atoms with E-state index in [4.69, 9.17) is 16.2 Å². The second-order valence-electron chi connectivity index (χ2n) is 6.49. The van der Waals surface area contributed by atoms with Crippen molar-refractivity contribution in [2.75, 3.05) is 39.1 Å². The predicted molar refractivity (Wildman–Crippen MR) is 109 cm³/mol. The van der Waals surface area contributed by atoms with Crippen LogP contribution >= 0.6 is 11.3 Å². The minimum Gasteiger partial charge on any atom is -0.382 e. The Morgan fingerprint density at radius 2 is 2.00 bits per heavy atom. The summed E-state index contributed by atoms with van der Waals surface area (Å²) in [6.45, 7) is 1.97. The SMILES string of the molecule is CN(C)CCCN(C)c1nc2cc(/C(N)=N/N=N)ccc2c2sccc12. The standard InChI is InChI=1S/C18H23N7S/c1-24(2)8-4-9-25(3)18-14-7-10-26-16(14)13-6-5-12(11-15(13)21-18)17(19)22-23-20/h5-7,10-11H,4,8-9H2,1-3H3,(H3,19,20,22). The minimum absolute atomic E-state index is 0.218. The third-order valence-electron chi connectivity index (χ3n) is 4.29. The Morgan fingerprint density at radius 1 is 1.19 bits per heavy atom. The van der Waals surface area contributed by atoms with Crippen LogP contribution in [0.2, 0.25) is 0 Å². The summed E-state index contributed by atoms with van der Waals surface area (Å²) >= 11 is 1.72. The fraction of sp³-hybridized carbons (Fsp3) is 0.333. The van der Waals surface area contributed by atoms with Crippen molar-refractivity contribution in [2.24, 2.45) is 16.1 Å². The zero-order valence-corrected chi connectivity index (χ0v) is 16.0. The normalized spacial score (nSPS) is 12.2. The molecule has 1 aromatic carbocycles. The van der Waals surface area contributed by atoms with Crippen molar-refractivity contribution in [3.63, 3.8) is 0 Å². The van der Waals surface area contributed by atoms with E-state index in [0.717, 1.165) is 41.8 Å². The van der Waals surface area contributed by atoms with Crippen molar-refractivity contribution in [3.05, 3.63) is 35.2 Å². The Balaban J connectivity index is 2.05. The van der Waals surface area contributed by atoms with E-state index >= 15 is 0 Å². The first kappa shape index (κ1) is 18.2. The van der Waals surface area contributed by atoms with E-state index in [1.807, 2.05) is 18.2 Å². The number of hydrogen-bond acceptors (Lipinski definition) is 6. The second-order valence-corrected chi connectivity index (χ2v) is 7.41. The average molecular weight is 369 g/mol. The Kier molecular flexibility index (Phi) is 5.43. The molecule has 7 nitrogen and oxygen atoms in total. The molecular weight excluding hydrogens is 346 g/mol. The van der Waals surface area contributed by atoms with Crippen molar-refractivity contribution in [1.29, 1.82) is 5.53 Å². The van der Waals surface area contributed by atoms with Crippen molar-refractivity contribution in [3.8, 4) is 0 Å². The molecule has 8 heteroatoms. The lowest BCUT2D eigenvalue weighted by atomic mass is 10.1. The van der Waals surface area contributed by atoms with Gasteiger partial charge in [-0.05, 0) is 44.6 Å². The van der Waals surface area contributed by atoms with Crippen LogP contribution in [0.4, 0.5) is 5.82 Å². The maximum absolute atomic E-state index is 6.85. The van der Waals surface area contributed by atoms with E-state index in [-0.39, 0.29) is 5.84 Å². The Labute approximate surface area is 156 Å². The molecule has 2 heterocycles. The number of anilines is 1. The number of hydrogen-bond donors (Lipinski definition) is 2. The molecule has 0 spiro atoms. The lowest BCUT2D eigenvalue weighted by Gasteiger charge is -2.21. The molecule has 136 valence electrons. The van der Waals surface area contributed by atoms with Gasteiger partial charge in [-0.2, -0.15) is 5.53 Å². The summed E-state index contributed by atoms with van der Waals surface area (Å²) in [6.07, 6.45) is 1.07. The van der Waals surface area contributed by atoms with Crippen LogP contribution in [0.3, 0.4) is 0 Å². The third kappa shape index (κ3) is 3.66. The molecule has 3 aromatic rings. The first-order valence-electron chi connectivity index (χ1n) is 8.38. The van der Waals surface area contributed by atoms with Crippen LogP contribution in [-0.2, 0) is 0 Å². The largest absolute Gasteiger partial charge is 0.382 e. The highest BCUT2D eigenvalue weighted by molar-refractivity contribution is 7.18. The maximum Gasteiger partial charge on any atom is 0.155 e. The number of nitrogens with two attached hydrogens (primary N) is 1. The summed E-state index contributed by atoms with van der Waals surface area (Å²) in [5, 5.41) is 11.0. The molecule has 0 unspecified atom stereocenters. The molecule has 3 N–H and O–H groups in total. The molecule has 0 amide bonds. The molecule has 0 fully saturated rings. The number of nitrogens with one attached hydrogen (secondary N) is 1. The smallest absolute Gasteiger partial charge is 0.155 e. The molecular formula is C18H23N7S. The van der Waals surface area contributed by atoms with Gasteiger partial charge in [0, 0.05) is 34.6 Å². The predicted octanol–water partition coefficient (Wildman–Crippen LogP) is 3.49. The van der Waals surface area contributed by atoms with Crippen LogP contribution in [0.1, 0.15) is 12.0 Å². The highest BCUT2D eigenvalue weighted by Gasteiger charge is 2.14. The van der Waals surface area contributed by atoms with Gasteiger partial charge in [0.1, 0.15) is 5.82 Å². The molecule has 2 aromatic heterocycles. The van der Waals surface area contributed by atoms with Gasteiger partial charge in [-0.1, -0.05) is 17.4 Å². The molecule has 0 aliphatic rings. The van der Waals surface area contributed by atoms with Gasteiger partial charge in [0.2, 0.25) is 0 Å².